The van der Waals surface area contributed by atoms with E-state index in [-0.39, 0.29) is 12.3 Å². The largest absolute Gasteiger partial charge is 0.387 e. The molecule has 0 bridgehead atoms. The number of ketones is 1. The van der Waals surface area contributed by atoms with Gasteiger partial charge in [0.25, 0.3) is 5.91 Å². The molecule has 0 saturated heterocycles. The Morgan fingerprint density at radius 3 is 1.97 bits per heavy atom. The second-order valence-corrected chi connectivity index (χ2v) is 7.12. The van der Waals surface area contributed by atoms with Crippen molar-refractivity contribution in [2.24, 2.45) is 5.73 Å². The van der Waals surface area contributed by atoms with Gasteiger partial charge in [0.1, 0.15) is 24.4 Å². The summed E-state index contributed by atoms with van der Waals surface area (Å²) in [6.45, 7) is 1.09. The van der Waals surface area contributed by atoms with E-state index in [9.17, 15) is 39.6 Å². The van der Waals surface area contributed by atoms with Crippen molar-refractivity contribution in [2.75, 3.05) is 19.3 Å². The molecule has 0 rings (SSSR count). The van der Waals surface area contributed by atoms with Crippen LogP contribution in [-0.4, -0.2) is 99.8 Å². The molecule has 0 heterocycles. The molecule has 0 aliphatic heterocycles. The van der Waals surface area contributed by atoms with Gasteiger partial charge in [0.05, 0.1) is 6.04 Å². The molecule has 174 valence electrons. The van der Waals surface area contributed by atoms with E-state index in [1.54, 1.807) is 7.05 Å². The molecular weight excluding hydrogens is 420 g/mol. The summed E-state index contributed by atoms with van der Waals surface area (Å²) in [5, 5.41) is 46.1. The van der Waals surface area contributed by atoms with Gasteiger partial charge < -0.3 is 42.1 Å². The number of carbonyl (C=O) groups is 4. The summed E-state index contributed by atoms with van der Waals surface area (Å²) in [6, 6.07) is -1.49. The predicted molar refractivity (Wildman–Crippen MR) is 109 cm³/mol. The summed E-state index contributed by atoms with van der Waals surface area (Å²) in [4.78, 5) is 46.1. The van der Waals surface area contributed by atoms with Crippen molar-refractivity contribution in [1.82, 2.24) is 16.0 Å². The molecule has 0 fully saturated rings. The Bertz CT molecular complexity index is 594. The summed E-state index contributed by atoms with van der Waals surface area (Å²) in [6.07, 6.45) is -6.74. The number of primary amides is 1. The molecule has 0 saturated carbocycles. The number of amides is 3. The van der Waals surface area contributed by atoms with Crippen molar-refractivity contribution in [3.63, 3.8) is 0 Å². The fourth-order valence-corrected chi connectivity index (χ4v) is 2.72. The first-order valence-electron chi connectivity index (χ1n) is 9.36. The zero-order valence-corrected chi connectivity index (χ0v) is 17.8. The van der Waals surface area contributed by atoms with Crippen LogP contribution in [0.1, 0.15) is 26.2 Å². The van der Waals surface area contributed by atoms with Gasteiger partial charge in [-0.3, -0.25) is 19.2 Å². The van der Waals surface area contributed by atoms with E-state index in [0.29, 0.717) is 19.3 Å². The van der Waals surface area contributed by atoms with Crippen molar-refractivity contribution < 1.29 is 39.6 Å². The second-order valence-electron chi connectivity index (χ2n) is 6.76. The Morgan fingerprint density at radius 2 is 1.50 bits per heavy atom. The highest BCUT2D eigenvalue weighted by atomic mass is 32.1. The molecule has 0 spiro atoms. The van der Waals surface area contributed by atoms with Crippen LogP contribution in [0.4, 0.5) is 0 Å². The molecule has 0 aromatic heterocycles. The Labute approximate surface area is 180 Å². The van der Waals surface area contributed by atoms with Crippen LogP contribution in [0.5, 0.6) is 0 Å². The lowest BCUT2D eigenvalue weighted by Crippen LogP contribution is -2.52. The number of rotatable bonds is 15. The second kappa shape index (κ2) is 14.3. The molecule has 13 heteroatoms. The highest BCUT2D eigenvalue weighted by Gasteiger charge is 2.35. The molecule has 30 heavy (non-hydrogen) atoms. The van der Waals surface area contributed by atoms with Gasteiger partial charge in [0.2, 0.25) is 11.8 Å². The van der Waals surface area contributed by atoms with Gasteiger partial charge in [-0.1, -0.05) is 0 Å². The van der Waals surface area contributed by atoms with E-state index in [2.05, 4.69) is 28.6 Å². The molecule has 6 atom stereocenters. The molecule has 0 unspecified atom stereocenters. The van der Waals surface area contributed by atoms with Crippen LogP contribution in [0.25, 0.3) is 0 Å². The number of hydrogen-bond acceptors (Lipinski definition) is 10. The maximum atomic E-state index is 12.1. The number of nitrogens with one attached hydrogen (secondary N) is 3. The Kier molecular flexibility index (Phi) is 13.4. The van der Waals surface area contributed by atoms with E-state index < -0.39 is 60.0 Å². The van der Waals surface area contributed by atoms with Crippen LogP contribution in [0.3, 0.4) is 0 Å². The standard InChI is InChI=1S/C17H32N4O8S/c1-8(22)11(23)12(24)13(25)14(26)17(29)20-6-4-3-5-9(19-2)16(28)21-10(7-30)15(18)27/h9-14,19,23-26,30H,3-7H2,1-2H3,(H2,18,27)(H,20,29)(H,21,28)/t9-,10-,11-,12+,13+,14-/m0/s1. The molecule has 0 radical (unpaired) electrons. The fraction of sp³-hybridized carbons (Fsp3) is 0.765. The van der Waals surface area contributed by atoms with Crippen molar-refractivity contribution in [1.29, 1.82) is 0 Å². The molecule has 12 nitrogen and oxygen atoms in total. The maximum Gasteiger partial charge on any atom is 0.251 e. The van der Waals surface area contributed by atoms with Gasteiger partial charge in [0, 0.05) is 12.3 Å². The normalized spacial score (nSPS) is 17.2. The minimum absolute atomic E-state index is 0.0653. The van der Waals surface area contributed by atoms with Gasteiger partial charge in [-0.2, -0.15) is 12.6 Å². The van der Waals surface area contributed by atoms with Crippen LogP contribution in [-0.2, 0) is 19.2 Å². The van der Waals surface area contributed by atoms with E-state index in [1.165, 1.54) is 0 Å². The molecule has 0 aromatic rings. The molecule has 3 amide bonds. The summed E-state index contributed by atoms with van der Waals surface area (Å²) >= 11 is 3.95. The average molecular weight is 453 g/mol. The van der Waals surface area contributed by atoms with Gasteiger partial charge >= 0.3 is 0 Å². The zero-order valence-electron chi connectivity index (χ0n) is 16.9. The van der Waals surface area contributed by atoms with Gasteiger partial charge in [-0.05, 0) is 33.2 Å². The summed E-state index contributed by atoms with van der Waals surface area (Å²) in [5.41, 5.74) is 5.15. The Balaban J connectivity index is 4.37. The third-order valence-electron chi connectivity index (χ3n) is 4.41. The SMILES string of the molecule is CN[C@@H](CCCCNC(=O)[C@@H](O)[C@H](O)[C@H](O)[C@@H](O)C(C)=O)C(=O)N[C@@H](CS)C(N)=O. The Hall–Kier alpha value is -1.77. The fourth-order valence-electron chi connectivity index (χ4n) is 2.44. The third-order valence-corrected chi connectivity index (χ3v) is 4.77. The highest BCUT2D eigenvalue weighted by Crippen LogP contribution is 2.07. The number of aliphatic hydroxyl groups is 4. The van der Waals surface area contributed by atoms with E-state index in [4.69, 9.17) is 5.73 Å². The first-order chi connectivity index (χ1) is 14.0. The van der Waals surface area contributed by atoms with E-state index in [0.717, 1.165) is 6.92 Å². The van der Waals surface area contributed by atoms with Crippen LogP contribution < -0.4 is 21.7 Å². The monoisotopic (exact) mass is 452 g/mol. The maximum absolute atomic E-state index is 12.1. The smallest absolute Gasteiger partial charge is 0.251 e. The number of carbonyl (C=O) groups excluding carboxylic acids is 4. The van der Waals surface area contributed by atoms with Gasteiger partial charge in [-0.25, -0.2) is 0 Å². The number of aliphatic hydroxyl groups excluding tert-OH is 4. The average Bonchev–Trinajstić information content (AvgIpc) is 2.71. The number of nitrogens with two attached hydrogens (primary N) is 1. The van der Waals surface area contributed by atoms with Crippen molar-refractivity contribution in [3.05, 3.63) is 0 Å². The van der Waals surface area contributed by atoms with Crippen LogP contribution in [0, 0.1) is 0 Å². The zero-order chi connectivity index (χ0) is 23.4. The molecule has 0 aliphatic rings. The summed E-state index contributed by atoms with van der Waals surface area (Å²) in [5.74, 6) is -2.86. The first kappa shape index (κ1) is 28.2. The van der Waals surface area contributed by atoms with Crippen LogP contribution >= 0.6 is 12.6 Å². The Morgan fingerprint density at radius 1 is 0.933 bits per heavy atom. The lowest BCUT2D eigenvalue weighted by molar-refractivity contribution is -0.153. The number of Topliss-reactive ketones (excluding diaryl/α,β-unsaturated/α-hetero) is 1. The van der Waals surface area contributed by atoms with Crippen LogP contribution in [0.2, 0.25) is 0 Å². The molecule has 9 N–H and O–H groups in total. The quantitative estimate of drug-likeness (QED) is 0.0869. The minimum atomic E-state index is -2.05. The van der Waals surface area contributed by atoms with Crippen LogP contribution in [0.15, 0.2) is 0 Å². The predicted octanol–water partition coefficient (Wildman–Crippen LogP) is -4.21. The number of thiol groups is 1. The lowest BCUT2D eigenvalue weighted by Gasteiger charge is -2.24. The molecule has 0 aromatic carbocycles. The highest BCUT2D eigenvalue weighted by molar-refractivity contribution is 7.80. The molecule has 0 aliphatic carbocycles. The van der Waals surface area contributed by atoms with Gasteiger partial charge in [0.15, 0.2) is 11.9 Å². The van der Waals surface area contributed by atoms with Crippen molar-refractivity contribution in [2.45, 2.75) is 62.7 Å². The summed E-state index contributed by atoms with van der Waals surface area (Å²) in [7, 11) is 1.57. The topological polar surface area (TPSA) is 211 Å². The van der Waals surface area contributed by atoms with E-state index >= 15 is 0 Å². The van der Waals surface area contributed by atoms with Crippen molar-refractivity contribution >= 4 is 36.1 Å². The molecular formula is C17H32N4O8S. The van der Waals surface area contributed by atoms with Crippen molar-refractivity contribution in [3.8, 4) is 0 Å². The van der Waals surface area contributed by atoms with Gasteiger partial charge in [-0.15, -0.1) is 0 Å². The number of hydrogen-bond donors (Lipinski definition) is 9. The third kappa shape index (κ3) is 9.36. The minimum Gasteiger partial charge on any atom is -0.387 e. The first-order valence-corrected chi connectivity index (χ1v) is 9.99. The number of likely N-dealkylation sites (N-methyl/N-ethyl adjacent to an activating group) is 1. The lowest BCUT2D eigenvalue weighted by atomic mass is 10.0. The summed E-state index contributed by atoms with van der Waals surface area (Å²) < 4.78 is 0. The number of unbranched alkanes of at least 4 members (excludes halogenated alkanes) is 1. The van der Waals surface area contributed by atoms with E-state index in [1.807, 2.05) is 0 Å².